The number of carbonyl (C=O) groups excluding carboxylic acids is 3. The van der Waals surface area contributed by atoms with Gasteiger partial charge in [-0.05, 0) is 40.0 Å². The lowest BCUT2D eigenvalue weighted by atomic mass is 10.1. The zero-order valence-electron chi connectivity index (χ0n) is 12.5. The topological polar surface area (TPSA) is 69.7 Å². The van der Waals surface area contributed by atoms with Gasteiger partial charge in [0.25, 0.3) is 0 Å². The molecule has 0 spiro atoms. The van der Waals surface area contributed by atoms with E-state index in [4.69, 9.17) is 9.47 Å². The van der Waals surface area contributed by atoms with Crippen molar-refractivity contribution in [2.75, 3.05) is 13.2 Å². The smallest absolute Gasteiger partial charge is 0.320 e. The Labute approximate surface area is 120 Å². The number of hydrogen-bond acceptors (Lipinski definition) is 5. The summed E-state index contributed by atoms with van der Waals surface area (Å²) in [6.07, 6.45) is 5.96. The van der Waals surface area contributed by atoms with Gasteiger partial charge in [0.2, 0.25) is 0 Å². The summed E-state index contributed by atoms with van der Waals surface area (Å²) in [5, 5.41) is 0. The summed E-state index contributed by atoms with van der Waals surface area (Å²) in [5.41, 5.74) is 0. The van der Waals surface area contributed by atoms with Crippen molar-refractivity contribution < 1.29 is 23.9 Å². The number of hydrogen-bond donors (Lipinski definition) is 0. The van der Waals surface area contributed by atoms with E-state index in [2.05, 4.69) is 0 Å². The van der Waals surface area contributed by atoms with Gasteiger partial charge in [0, 0.05) is 6.42 Å². The SMILES string of the molecule is CCOC(=O)C(C/C=C/CCCC(C)=O)C(=O)OCC. The number of ketones is 1. The highest BCUT2D eigenvalue weighted by Crippen LogP contribution is 2.11. The molecule has 0 unspecified atom stereocenters. The molecule has 0 radical (unpaired) electrons. The molecule has 0 N–H and O–H groups in total. The molecule has 0 fully saturated rings. The van der Waals surface area contributed by atoms with Crippen LogP contribution in [0.4, 0.5) is 0 Å². The summed E-state index contributed by atoms with van der Waals surface area (Å²) < 4.78 is 9.73. The summed E-state index contributed by atoms with van der Waals surface area (Å²) in [6.45, 7) is 5.41. The van der Waals surface area contributed by atoms with Crippen molar-refractivity contribution >= 4 is 17.7 Å². The number of unbranched alkanes of at least 4 members (excludes halogenated alkanes) is 1. The maximum absolute atomic E-state index is 11.7. The first kappa shape index (κ1) is 18.4. The summed E-state index contributed by atoms with van der Waals surface area (Å²) in [4.78, 5) is 34.1. The summed E-state index contributed by atoms with van der Waals surface area (Å²) >= 11 is 0. The van der Waals surface area contributed by atoms with E-state index in [9.17, 15) is 14.4 Å². The van der Waals surface area contributed by atoms with Gasteiger partial charge in [-0.3, -0.25) is 9.59 Å². The lowest BCUT2D eigenvalue weighted by molar-refractivity contribution is -0.161. The van der Waals surface area contributed by atoms with Crippen LogP contribution in [0.5, 0.6) is 0 Å². The number of allylic oxidation sites excluding steroid dienone is 2. The van der Waals surface area contributed by atoms with Gasteiger partial charge in [0.05, 0.1) is 13.2 Å². The van der Waals surface area contributed by atoms with E-state index in [1.54, 1.807) is 26.8 Å². The Morgan fingerprint density at radius 1 is 1.00 bits per heavy atom. The Hall–Kier alpha value is -1.65. The Morgan fingerprint density at radius 2 is 1.55 bits per heavy atom. The first-order chi connectivity index (χ1) is 9.52. The monoisotopic (exact) mass is 284 g/mol. The van der Waals surface area contributed by atoms with Gasteiger partial charge in [0.1, 0.15) is 5.78 Å². The minimum Gasteiger partial charge on any atom is -0.465 e. The molecule has 0 aliphatic heterocycles. The van der Waals surface area contributed by atoms with E-state index >= 15 is 0 Å². The molecule has 0 rings (SSSR count). The summed E-state index contributed by atoms with van der Waals surface area (Å²) in [6, 6.07) is 0. The van der Waals surface area contributed by atoms with Gasteiger partial charge in [-0.2, -0.15) is 0 Å². The Bertz CT molecular complexity index is 328. The molecule has 0 aliphatic rings. The lowest BCUT2D eigenvalue weighted by Gasteiger charge is -2.12. The molecule has 0 aromatic carbocycles. The predicted octanol–water partition coefficient (Wildman–Crippen LogP) is 2.43. The highest BCUT2D eigenvalue weighted by Gasteiger charge is 2.27. The standard InChI is InChI=1S/C15H24O5/c1-4-19-14(17)13(15(18)20-5-2)11-9-7-6-8-10-12(3)16/h7,9,13H,4-6,8,10-11H2,1-3H3/b9-7+. The highest BCUT2D eigenvalue weighted by molar-refractivity contribution is 5.95. The molecule has 0 aliphatic carbocycles. The van der Waals surface area contributed by atoms with Crippen LogP contribution in [0.3, 0.4) is 0 Å². The molecule has 0 aromatic heterocycles. The van der Waals surface area contributed by atoms with E-state index in [0.29, 0.717) is 6.42 Å². The molecule has 5 nitrogen and oxygen atoms in total. The van der Waals surface area contributed by atoms with Crippen LogP contribution >= 0.6 is 0 Å². The van der Waals surface area contributed by atoms with E-state index < -0.39 is 17.9 Å². The number of rotatable bonds is 10. The normalized spacial score (nSPS) is 10.8. The Morgan fingerprint density at radius 3 is 2.00 bits per heavy atom. The third-order valence-electron chi connectivity index (χ3n) is 2.58. The van der Waals surface area contributed by atoms with Gasteiger partial charge in [-0.1, -0.05) is 12.2 Å². The van der Waals surface area contributed by atoms with Crippen LogP contribution in [0.1, 0.15) is 46.5 Å². The van der Waals surface area contributed by atoms with Crippen LogP contribution < -0.4 is 0 Å². The predicted molar refractivity (Wildman–Crippen MR) is 75.0 cm³/mol. The van der Waals surface area contributed by atoms with Crippen molar-refractivity contribution in [3.05, 3.63) is 12.2 Å². The average molecular weight is 284 g/mol. The van der Waals surface area contributed by atoms with Crippen molar-refractivity contribution in [2.24, 2.45) is 5.92 Å². The average Bonchev–Trinajstić information content (AvgIpc) is 2.37. The van der Waals surface area contributed by atoms with Crippen LogP contribution in [0.25, 0.3) is 0 Å². The van der Waals surface area contributed by atoms with E-state index in [0.717, 1.165) is 12.8 Å². The van der Waals surface area contributed by atoms with Gasteiger partial charge in [-0.15, -0.1) is 0 Å². The van der Waals surface area contributed by atoms with Gasteiger partial charge in [0.15, 0.2) is 5.92 Å². The van der Waals surface area contributed by atoms with Gasteiger partial charge in [-0.25, -0.2) is 0 Å². The second-order valence-electron chi connectivity index (χ2n) is 4.36. The third kappa shape index (κ3) is 8.45. The van der Waals surface area contributed by atoms with Crippen LogP contribution in [0, 0.1) is 5.92 Å². The molecular formula is C15H24O5. The van der Waals surface area contributed by atoms with E-state index in [1.807, 2.05) is 6.08 Å². The maximum atomic E-state index is 11.7. The van der Waals surface area contributed by atoms with Crippen LogP contribution in [-0.2, 0) is 23.9 Å². The van der Waals surface area contributed by atoms with Crippen molar-refractivity contribution in [3.8, 4) is 0 Å². The fraction of sp³-hybridized carbons (Fsp3) is 0.667. The molecule has 5 heteroatoms. The van der Waals surface area contributed by atoms with Gasteiger partial charge >= 0.3 is 11.9 Å². The zero-order valence-corrected chi connectivity index (χ0v) is 12.5. The molecule has 114 valence electrons. The quantitative estimate of drug-likeness (QED) is 0.267. The van der Waals surface area contributed by atoms with Crippen molar-refractivity contribution in [3.63, 3.8) is 0 Å². The largest absolute Gasteiger partial charge is 0.465 e. The summed E-state index contributed by atoms with van der Waals surface area (Å²) in [5.74, 6) is -1.85. The number of ether oxygens (including phenoxy) is 2. The fourth-order valence-electron chi connectivity index (χ4n) is 1.59. The molecule has 0 bridgehead atoms. The van der Waals surface area contributed by atoms with Crippen molar-refractivity contribution in [1.82, 2.24) is 0 Å². The molecule has 0 atom stereocenters. The zero-order chi connectivity index (χ0) is 15.4. The van der Waals surface area contributed by atoms with Gasteiger partial charge < -0.3 is 14.3 Å². The van der Waals surface area contributed by atoms with Crippen LogP contribution in [0.2, 0.25) is 0 Å². The van der Waals surface area contributed by atoms with Crippen molar-refractivity contribution in [1.29, 1.82) is 0 Å². The molecule has 0 amide bonds. The first-order valence-electron chi connectivity index (χ1n) is 7.00. The Kier molecular flexibility index (Phi) is 10.3. The third-order valence-corrected chi connectivity index (χ3v) is 2.58. The van der Waals surface area contributed by atoms with Crippen LogP contribution in [0.15, 0.2) is 12.2 Å². The Balaban J connectivity index is 4.28. The summed E-state index contributed by atoms with van der Waals surface area (Å²) in [7, 11) is 0. The molecular weight excluding hydrogens is 260 g/mol. The lowest BCUT2D eigenvalue weighted by Crippen LogP contribution is -2.27. The number of carbonyl (C=O) groups is 3. The first-order valence-corrected chi connectivity index (χ1v) is 7.00. The minimum atomic E-state index is -0.904. The number of esters is 2. The van der Waals surface area contributed by atoms with E-state index in [1.165, 1.54) is 0 Å². The number of Topliss-reactive ketones (excluding diaryl/α,β-unsaturated/α-hetero) is 1. The van der Waals surface area contributed by atoms with Crippen molar-refractivity contribution in [2.45, 2.75) is 46.5 Å². The van der Waals surface area contributed by atoms with Crippen LogP contribution in [-0.4, -0.2) is 30.9 Å². The molecule has 0 aromatic rings. The molecule has 20 heavy (non-hydrogen) atoms. The van der Waals surface area contributed by atoms with E-state index in [-0.39, 0.29) is 25.4 Å². The molecule has 0 saturated heterocycles. The minimum absolute atomic E-state index is 0.161. The molecule has 0 saturated carbocycles. The second kappa shape index (κ2) is 11.2. The second-order valence-corrected chi connectivity index (χ2v) is 4.36. The maximum Gasteiger partial charge on any atom is 0.320 e. The highest BCUT2D eigenvalue weighted by atomic mass is 16.6. The molecule has 0 heterocycles. The fourth-order valence-corrected chi connectivity index (χ4v) is 1.59.